The number of hydrogen-bond donors (Lipinski definition) is 1. The van der Waals surface area contributed by atoms with Gasteiger partial charge in [0.1, 0.15) is 5.82 Å². The number of rotatable bonds is 2. The summed E-state index contributed by atoms with van der Waals surface area (Å²) in [5, 5.41) is 2.38. The molecule has 1 heterocycles. The van der Waals surface area contributed by atoms with E-state index in [0.717, 1.165) is 22.2 Å². The first-order valence-electron chi connectivity index (χ1n) is 6.50. The predicted octanol–water partition coefficient (Wildman–Crippen LogP) is 4.20. The zero-order valence-corrected chi connectivity index (χ0v) is 12.7. The lowest BCUT2D eigenvalue weighted by Crippen LogP contribution is -2.02. The molecule has 0 bridgehead atoms. The van der Waals surface area contributed by atoms with Gasteiger partial charge in [0.15, 0.2) is 5.82 Å². The smallest absolute Gasteiger partial charge is 0.161 e. The Morgan fingerprint density at radius 1 is 1.05 bits per heavy atom. The highest BCUT2D eigenvalue weighted by Gasteiger charge is 2.10. The molecule has 0 atom stereocenters. The average molecular weight is 328 g/mol. The van der Waals surface area contributed by atoms with Gasteiger partial charge in [-0.1, -0.05) is 43.3 Å². The van der Waals surface area contributed by atoms with Crippen molar-refractivity contribution in [2.45, 2.75) is 13.3 Å². The van der Waals surface area contributed by atoms with Gasteiger partial charge in [0.25, 0.3) is 0 Å². The van der Waals surface area contributed by atoms with Gasteiger partial charge >= 0.3 is 0 Å². The number of nitrogens with two attached hydrogens (primary N) is 1. The van der Waals surface area contributed by atoms with E-state index in [2.05, 4.69) is 57.1 Å². The fraction of sp³-hybridized carbons (Fsp3) is 0.125. The monoisotopic (exact) mass is 327 g/mol. The van der Waals surface area contributed by atoms with Crippen LogP contribution in [0.2, 0.25) is 0 Å². The van der Waals surface area contributed by atoms with Crippen molar-refractivity contribution in [3.05, 3.63) is 52.6 Å². The first-order chi connectivity index (χ1) is 9.69. The number of halogens is 1. The number of nitrogens with zero attached hydrogens (tertiary/aromatic N) is 2. The van der Waals surface area contributed by atoms with Crippen LogP contribution in [0.5, 0.6) is 0 Å². The molecule has 0 aliphatic rings. The molecule has 100 valence electrons. The number of anilines is 1. The Morgan fingerprint density at radius 2 is 1.80 bits per heavy atom. The molecule has 0 aliphatic carbocycles. The molecular weight excluding hydrogens is 314 g/mol. The topological polar surface area (TPSA) is 51.8 Å². The summed E-state index contributed by atoms with van der Waals surface area (Å²) < 4.78 is 0.796. The summed E-state index contributed by atoms with van der Waals surface area (Å²) in [5.74, 6) is 1.16. The molecule has 3 nitrogen and oxygen atoms in total. The predicted molar refractivity (Wildman–Crippen MR) is 86.5 cm³/mol. The highest BCUT2D eigenvalue weighted by Crippen LogP contribution is 2.27. The maximum atomic E-state index is 5.95. The molecule has 0 radical (unpaired) electrons. The zero-order valence-electron chi connectivity index (χ0n) is 11.1. The Balaban J connectivity index is 2.17. The van der Waals surface area contributed by atoms with Crippen molar-refractivity contribution in [1.29, 1.82) is 0 Å². The Bertz CT molecular complexity index is 784. The highest BCUT2D eigenvalue weighted by molar-refractivity contribution is 9.10. The van der Waals surface area contributed by atoms with Crippen LogP contribution in [0.15, 0.2) is 46.9 Å². The fourth-order valence-electron chi connectivity index (χ4n) is 2.20. The van der Waals surface area contributed by atoms with Crippen LogP contribution in [0, 0.1) is 0 Å². The van der Waals surface area contributed by atoms with Gasteiger partial charge in [-0.25, -0.2) is 9.97 Å². The summed E-state index contributed by atoms with van der Waals surface area (Å²) in [6.07, 6.45) is 0.813. The molecule has 20 heavy (non-hydrogen) atoms. The lowest BCUT2D eigenvalue weighted by atomic mass is 10.1. The van der Waals surface area contributed by atoms with Crippen molar-refractivity contribution in [1.82, 2.24) is 9.97 Å². The third-order valence-corrected chi connectivity index (χ3v) is 4.15. The van der Waals surface area contributed by atoms with Crippen molar-refractivity contribution in [3.63, 3.8) is 0 Å². The second-order valence-corrected chi connectivity index (χ2v) is 5.40. The summed E-state index contributed by atoms with van der Waals surface area (Å²) in [6, 6.07) is 14.4. The lowest BCUT2D eigenvalue weighted by molar-refractivity contribution is 0.996. The van der Waals surface area contributed by atoms with E-state index in [1.54, 1.807) is 0 Å². The van der Waals surface area contributed by atoms with Crippen LogP contribution in [0.25, 0.3) is 22.2 Å². The molecule has 2 aromatic carbocycles. The van der Waals surface area contributed by atoms with Gasteiger partial charge in [0.05, 0.1) is 10.2 Å². The minimum atomic E-state index is 0.486. The maximum Gasteiger partial charge on any atom is 0.161 e. The second-order valence-electron chi connectivity index (χ2n) is 4.61. The van der Waals surface area contributed by atoms with E-state index in [-0.39, 0.29) is 0 Å². The molecule has 0 amide bonds. The fourth-order valence-corrected chi connectivity index (χ4v) is 2.66. The summed E-state index contributed by atoms with van der Waals surface area (Å²) in [5.41, 5.74) is 7.86. The number of aryl methyl sites for hydroxylation is 1. The second kappa shape index (κ2) is 5.21. The van der Waals surface area contributed by atoms with Gasteiger partial charge in [-0.05, 0) is 39.2 Å². The van der Waals surface area contributed by atoms with E-state index >= 15 is 0 Å². The first kappa shape index (κ1) is 13.1. The Hall–Kier alpha value is -1.94. The Kier molecular flexibility index (Phi) is 3.40. The summed E-state index contributed by atoms with van der Waals surface area (Å²) in [6.45, 7) is 2.05. The molecule has 0 aliphatic heterocycles. The lowest BCUT2D eigenvalue weighted by Gasteiger charge is -2.08. The molecule has 0 fully saturated rings. The van der Waals surface area contributed by atoms with Gasteiger partial charge in [-0.2, -0.15) is 0 Å². The van der Waals surface area contributed by atoms with E-state index in [9.17, 15) is 0 Å². The Labute approximate surface area is 126 Å². The molecule has 4 heteroatoms. The normalized spacial score (nSPS) is 10.9. The molecule has 0 unspecified atom stereocenters. The van der Waals surface area contributed by atoms with E-state index in [1.165, 1.54) is 10.8 Å². The summed E-state index contributed by atoms with van der Waals surface area (Å²) in [7, 11) is 0. The van der Waals surface area contributed by atoms with Crippen LogP contribution in [0.3, 0.4) is 0 Å². The number of fused-ring (bicyclic) bond motifs is 1. The molecule has 1 aromatic heterocycles. The number of nitrogen functional groups attached to an aromatic ring is 1. The van der Waals surface area contributed by atoms with E-state index in [4.69, 9.17) is 5.73 Å². The summed E-state index contributed by atoms with van der Waals surface area (Å²) >= 11 is 3.44. The number of hydrogen-bond acceptors (Lipinski definition) is 3. The quantitative estimate of drug-likeness (QED) is 0.767. The SMILES string of the molecule is CCc1nc(-c2ccc3ccccc3c2)nc(N)c1Br. The van der Waals surface area contributed by atoms with Crippen molar-refractivity contribution in [3.8, 4) is 11.4 Å². The molecular formula is C16H14BrN3. The first-order valence-corrected chi connectivity index (χ1v) is 7.29. The third kappa shape index (κ3) is 2.27. The van der Waals surface area contributed by atoms with Crippen LogP contribution < -0.4 is 5.73 Å². The van der Waals surface area contributed by atoms with Crippen LogP contribution in [0.4, 0.5) is 5.82 Å². The van der Waals surface area contributed by atoms with Crippen molar-refractivity contribution < 1.29 is 0 Å². The Morgan fingerprint density at radius 3 is 2.55 bits per heavy atom. The summed E-state index contributed by atoms with van der Waals surface area (Å²) in [4.78, 5) is 8.97. The zero-order chi connectivity index (χ0) is 14.1. The van der Waals surface area contributed by atoms with Gasteiger partial charge in [-0.3, -0.25) is 0 Å². The minimum Gasteiger partial charge on any atom is -0.383 e. The number of aromatic nitrogens is 2. The van der Waals surface area contributed by atoms with E-state index < -0.39 is 0 Å². The van der Waals surface area contributed by atoms with Gasteiger partial charge in [-0.15, -0.1) is 0 Å². The van der Waals surface area contributed by atoms with Crippen molar-refractivity contribution >= 4 is 32.5 Å². The largest absolute Gasteiger partial charge is 0.383 e. The van der Waals surface area contributed by atoms with Crippen LogP contribution in [-0.2, 0) is 6.42 Å². The van der Waals surface area contributed by atoms with Crippen molar-refractivity contribution in [2.24, 2.45) is 0 Å². The van der Waals surface area contributed by atoms with Crippen LogP contribution >= 0.6 is 15.9 Å². The van der Waals surface area contributed by atoms with Crippen LogP contribution in [0.1, 0.15) is 12.6 Å². The number of benzene rings is 2. The molecule has 3 rings (SSSR count). The molecule has 2 N–H and O–H groups in total. The van der Waals surface area contributed by atoms with Crippen molar-refractivity contribution in [2.75, 3.05) is 5.73 Å². The molecule has 0 spiro atoms. The van der Waals surface area contributed by atoms with E-state index in [0.29, 0.717) is 11.6 Å². The van der Waals surface area contributed by atoms with E-state index in [1.807, 2.05) is 18.2 Å². The third-order valence-electron chi connectivity index (χ3n) is 3.29. The maximum absolute atomic E-state index is 5.95. The van der Waals surface area contributed by atoms with Gasteiger partial charge < -0.3 is 5.73 Å². The van der Waals surface area contributed by atoms with Crippen LogP contribution in [-0.4, -0.2) is 9.97 Å². The molecule has 0 saturated carbocycles. The average Bonchev–Trinajstić information content (AvgIpc) is 2.49. The molecule has 0 saturated heterocycles. The standard InChI is InChI=1S/C16H14BrN3/c1-2-13-14(17)15(18)20-16(19-13)12-8-7-10-5-3-4-6-11(10)9-12/h3-9H,2H2,1H3,(H2,18,19,20). The van der Waals surface area contributed by atoms with Gasteiger partial charge in [0, 0.05) is 5.56 Å². The highest BCUT2D eigenvalue weighted by atomic mass is 79.9. The van der Waals surface area contributed by atoms with Gasteiger partial charge in [0.2, 0.25) is 0 Å². The minimum absolute atomic E-state index is 0.486. The molecule has 3 aromatic rings.